The van der Waals surface area contributed by atoms with Crippen LogP contribution < -0.4 is 4.74 Å². The smallest absolute Gasteiger partial charge is 0.362 e. The monoisotopic (exact) mass is 351 g/mol. The summed E-state index contributed by atoms with van der Waals surface area (Å²) in [5, 5.41) is 22.2. The van der Waals surface area contributed by atoms with E-state index in [2.05, 4.69) is 10.1 Å². The molecule has 0 unspecified atom stereocenters. The van der Waals surface area contributed by atoms with Crippen molar-refractivity contribution in [1.82, 2.24) is 4.98 Å². The molecule has 0 fully saturated rings. The fourth-order valence-electron chi connectivity index (χ4n) is 2.35. The van der Waals surface area contributed by atoms with Crippen LogP contribution in [0.4, 0.5) is 0 Å². The third kappa shape index (κ3) is 10.1. The zero-order valence-corrected chi connectivity index (χ0v) is 14.3. The predicted octanol–water partition coefficient (Wildman–Crippen LogP) is 3.60. The van der Waals surface area contributed by atoms with Gasteiger partial charge in [-0.3, -0.25) is 10.1 Å². The summed E-state index contributed by atoms with van der Waals surface area (Å²) in [5.41, 5.74) is -0.00886. The molecule has 0 bridgehead atoms. The van der Waals surface area contributed by atoms with Crippen LogP contribution in [0.2, 0.25) is 0 Å². The zero-order valence-electron chi connectivity index (χ0n) is 14.3. The lowest BCUT2D eigenvalue weighted by Gasteiger charge is -2.05. The Labute approximate surface area is 147 Å². The van der Waals surface area contributed by atoms with Gasteiger partial charge in [0.05, 0.1) is 0 Å². The summed E-state index contributed by atoms with van der Waals surface area (Å²) in [7, 11) is 0. The summed E-state index contributed by atoms with van der Waals surface area (Å²) in [4.78, 5) is 25.6. The molecule has 0 aliphatic rings. The maximum Gasteiger partial charge on any atom is 0.362 e. The molecule has 0 amide bonds. The first-order valence-corrected chi connectivity index (χ1v) is 8.59. The Kier molecular flexibility index (Phi) is 10.6. The number of unbranched alkanes of at least 4 members (excludes halogenated alkanes) is 7. The van der Waals surface area contributed by atoms with Gasteiger partial charge in [-0.1, -0.05) is 43.3 Å². The largest absolute Gasteiger partial charge is 0.410 e. The Bertz CT molecular complexity index is 548. The average molecular weight is 351 g/mol. The molecular weight excluding hydrogens is 326 g/mol. The normalized spacial score (nSPS) is 11.3. The molecule has 25 heavy (non-hydrogen) atoms. The van der Waals surface area contributed by atoms with Crippen molar-refractivity contribution in [3.05, 3.63) is 34.5 Å². The third-order valence-corrected chi connectivity index (χ3v) is 3.70. The number of hydrogen-bond donors (Lipinski definition) is 1. The van der Waals surface area contributed by atoms with Crippen LogP contribution in [0.25, 0.3) is 0 Å². The number of nitrogens with zero attached hydrogens (tertiary/aromatic N) is 3. The van der Waals surface area contributed by atoms with E-state index in [1.54, 1.807) is 18.2 Å². The van der Waals surface area contributed by atoms with Crippen LogP contribution in [-0.2, 0) is 4.79 Å². The summed E-state index contributed by atoms with van der Waals surface area (Å²) < 4.78 is 5.03. The molecule has 0 aliphatic carbocycles. The molecule has 0 saturated carbocycles. The van der Waals surface area contributed by atoms with Crippen LogP contribution in [0.5, 0.6) is 5.88 Å². The first-order chi connectivity index (χ1) is 12.1. The molecule has 138 valence electrons. The molecular formula is C17H25N3O5. The van der Waals surface area contributed by atoms with E-state index >= 15 is 0 Å². The minimum atomic E-state index is -0.688. The molecule has 1 rings (SSSR count). The van der Waals surface area contributed by atoms with Crippen LogP contribution in [-0.4, -0.2) is 33.3 Å². The number of rotatable bonds is 13. The highest BCUT2D eigenvalue weighted by molar-refractivity contribution is 6.36. The maximum absolute atomic E-state index is 11.9. The van der Waals surface area contributed by atoms with Crippen molar-refractivity contribution in [2.45, 2.75) is 57.8 Å². The molecule has 8 nitrogen and oxygen atoms in total. The minimum Gasteiger partial charge on any atom is -0.410 e. The number of ether oxygens (including phenoxy) is 1. The number of oxime groups is 1. The van der Waals surface area contributed by atoms with E-state index in [-0.39, 0.29) is 23.1 Å². The summed E-state index contributed by atoms with van der Waals surface area (Å²) in [6.45, 7) is 0.0534. The molecule has 0 spiro atoms. The lowest BCUT2D eigenvalue weighted by atomic mass is 10.1. The standard InChI is InChI=1S/C17H25N3O5/c21-17(25-16-12-8-9-13-18-16)15(19-22)11-7-5-3-1-2-4-6-10-14-20(23)24/h8-9,12-13,22H,1-7,10-11,14H2. The first kappa shape index (κ1) is 20.5. The lowest BCUT2D eigenvalue weighted by molar-refractivity contribution is -0.480. The Morgan fingerprint density at radius 1 is 1.12 bits per heavy atom. The number of carbonyl (C=O) groups excluding carboxylic acids is 1. The van der Waals surface area contributed by atoms with Gasteiger partial charge in [0.25, 0.3) is 0 Å². The molecule has 0 radical (unpaired) electrons. The van der Waals surface area contributed by atoms with E-state index in [1.165, 1.54) is 6.20 Å². The molecule has 1 N–H and O–H groups in total. The van der Waals surface area contributed by atoms with E-state index in [1.807, 2.05) is 0 Å². The Morgan fingerprint density at radius 2 is 1.76 bits per heavy atom. The number of pyridine rings is 1. The van der Waals surface area contributed by atoms with E-state index in [0.717, 1.165) is 44.9 Å². The van der Waals surface area contributed by atoms with E-state index in [9.17, 15) is 14.9 Å². The summed E-state index contributed by atoms with van der Waals surface area (Å²) in [6, 6.07) is 4.96. The third-order valence-electron chi connectivity index (χ3n) is 3.70. The second kappa shape index (κ2) is 12.9. The molecule has 0 aliphatic heterocycles. The summed E-state index contributed by atoms with van der Waals surface area (Å²) in [6.07, 6.45) is 9.19. The maximum atomic E-state index is 11.9. The highest BCUT2D eigenvalue weighted by atomic mass is 16.6. The molecule has 1 aromatic heterocycles. The van der Waals surface area contributed by atoms with E-state index in [4.69, 9.17) is 9.94 Å². The van der Waals surface area contributed by atoms with Gasteiger partial charge in [0.15, 0.2) is 5.71 Å². The van der Waals surface area contributed by atoms with Gasteiger partial charge in [0.2, 0.25) is 12.4 Å². The van der Waals surface area contributed by atoms with Crippen molar-refractivity contribution in [2.24, 2.45) is 5.16 Å². The van der Waals surface area contributed by atoms with Gasteiger partial charge in [-0.05, 0) is 18.9 Å². The van der Waals surface area contributed by atoms with Gasteiger partial charge in [-0.2, -0.15) is 0 Å². The molecule has 8 heteroatoms. The average Bonchev–Trinajstić information content (AvgIpc) is 2.60. The predicted molar refractivity (Wildman–Crippen MR) is 92.5 cm³/mol. The highest BCUT2D eigenvalue weighted by Crippen LogP contribution is 2.11. The van der Waals surface area contributed by atoms with Crippen molar-refractivity contribution >= 4 is 11.7 Å². The summed E-state index contributed by atoms with van der Waals surface area (Å²) in [5.74, 6) is -0.516. The van der Waals surface area contributed by atoms with Crippen LogP contribution in [0, 0.1) is 10.1 Å². The van der Waals surface area contributed by atoms with Crippen LogP contribution >= 0.6 is 0 Å². The van der Waals surface area contributed by atoms with Crippen LogP contribution in [0.1, 0.15) is 57.8 Å². The Morgan fingerprint density at radius 3 is 2.32 bits per heavy atom. The second-order valence-corrected chi connectivity index (χ2v) is 5.74. The zero-order chi connectivity index (χ0) is 18.3. The van der Waals surface area contributed by atoms with E-state index < -0.39 is 5.97 Å². The fourth-order valence-corrected chi connectivity index (χ4v) is 2.35. The van der Waals surface area contributed by atoms with Crippen molar-refractivity contribution < 1.29 is 19.7 Å². The van der Waals surface area contributed by atoms with Crippen molar-refractivity contribution in [3.8, 4) is 5.88 Å². The van der Waals surface area contributed by atoms with Gasteiger partial charge >= 0.3 is 5.97 Å². The molecule has 1 aromatic rings. The first-order valence-electron chi connectivity index (χ1n) is 8.59. The Hall–Kier alpha value is -2.51. The number of esters is 1. The molecule has 1 heterocycles. The quantitative estimate of drug-likeness (QED) is 0.145. The number of aromatic nitrogens is 1. The van der Waals surface area contributed by atoms with Crippen molar-refractivity contribution in [3.63, 3.8) is 0 Å². The van der Waals surface area contributed by atoms with Crippen molar-refractivity contribution in [2.75, 3.05) is 6.54 Å². The van der Waals surface area contributed by atoms with Gasteiger partial charge < -0.3 is 9.94 Å². The number of hydrogen-bond acceptors (Lipinski definition) is 7. The van der Waals surface area contributed by atoms with Crippen LogP contribution in [0.15, 0.2) is 29.6 Å². The second-order valence-electron chi connectivity index (χ2n) is 5.74. The summed E-state index contributed by atoms with van der Waals surface area (Å²) >= 11 is 0. The SMILES string of the molecule is O=C(Oc1ccccn1)C(CCCCCCCCCC[N+](=O)[O-])=NO. The van der Waals surface area contributed by atoms with Gasteiger partial charge in [0, 0.05) is 30.0 Å². The van der Waals surface area contributed by atoms with E-state index in [0.29, 0.717) is 12.8 Å². The van der Waals surface area contributed by atoms with Crippen molar-refractivity contribution in [1.29, 1.82) is 0 Å². The molecule has 0 atom stereocenters. The fraction of sp³-hybridized carbons (Fsp3) is 0.588. The molecule has 0 aromatic carbocycles. The number of carbonyl (C=O) groups is 1. The highest BCUT2D eigenvalue weighted by Gasteiger charge is 2.15. The van der Waals surface area contributed by atoms with Crippen LogP contribution in [0.3, 0.4) is 0 Å². The van der Waals surface area contributed by atoms with Gasteiger partial charge in [-0.25, -0.2) is 9.78 Å². The number of nitro groups is 1. The van der Waals surface area contributed by atoms with Gasteiger partial charge in [-0.15, -0.1) is 0 Å². The van der Waals surface area contributed by atoms with Gasteiger partial charge in [0.1, 0.15) is 0 Å². The Balaban J connectivity index is 2.07. The lowest BCUT2D eigenvalue weighted by Crippen LogP contribution is -2.21. The molecule has 0 saturated heterocycles. The topological polar surface area (TPSA) is 115 Å². The minimum absolute atomic E-state index is 0.00886.